The molecule has 0 N–H and O–H groups in total. The molecule has 0 spiro atoms. The van der Waals surface area contributed by atoms with Crippen molar-refractivity contribution in [2.75, 3.05) is 19.7 Å². The Hall–Kier alpha value is -1.66. The summed E-state index contributed by atoms with van der Waals surface area (Å²) in [4.78, 5) is 24.6. The van der Waals surface area contributed by atoms with Gasteiger partial charge in [0.1, 0.15) is 5.56 Å². The summed E-state index contributed by atoms with van der Waals surface area (Å²) in [6.45, 7) is 3.52. The maximum Gasteiger partial charge on any atom is 0.282 e. The third-order valence-corrected chi connectivity index (χ3v) is 3.69. The third kappa shape index (κ3) is 3.71. The van der Waals surface area contributed by atoms with E-state index in [-0.39, 0.29) is 23.3 Å². The summed E-state index contributed by atoms with van der Waals surface area (Å²) in [7, 11) is 0. The van der Waals surface area contributed by atoms with E-state index in [1.165, 1.54) is 18.2 Å². The van der Waals surface area contributed by atoms with Gasteiger partial charge >= 0.3 is 0 Å². The molecule has 0 radical (unpaired) electrons. The minimum Gasteiger partial charge on any atom is -0.377 e. The Morgan fingerprint density at radius 3 is 3.00 bits per heavy atom. The summed E-state index contributed by atoms with van der Waals surface area (Å²) < 4.78 is 5.55. The lowest BCUT2D eigenvalue weighted by atomic mass is 10.1. The monoisotopic (exact) mass is 312 g/mol. The molecule has 6 nitrogen and oxygen atoms in total. The zero-order valence-corrected chi connectivity index (χ0v) is 12.5. The highest BCUT2D eigenvalue weighted by Crippen LogP contribution is 2.25. The van der Waals surface area contributed by atoms with Crippen molar-refractivity contribution in [1.82, 2.24) is 4.90 Å². The van der Waals surface area contributed by atoms with E-state index in [9.17, 15) is 14.9 Å². The van der Waals surface area contributed by atoms with Gasteiger partial charge in [-0.15, -0.1) is 0 Å². The van der Waals surface area contributed by atoms with Crippen molar-refractivity contribution in [3.8, 4) is 0 Å². The number of benzene rings is 1. The highest BCUT2D eigenvalue weighted by atomic mass is 35.5. The summed E-state index contributed by atoms with van der Waals surface area (Å²) in [6, 6.07) is 4.03. The number of hydrogen-bond acceptors (Lipinski definition) is 4. The molecule has 1 unspecified atom stereocenters. The molecular formula is C14H17ClN2O4. The van der Waals surface area contributed by atoms with E-state index in [4.69, 9.17) is 16.3 Å². The molecule has 1 saturated heterocycles. The Kier molecular flexibility index (Phi) is 5.14. The zero-order chi connectivity index (χ0) is 15.4. The molecule has 1 aromatic carbocycles. The van der Waals surface area contributed by atoms with Crippen molar-refractivity contribution in [1.29, 1.82) is 0 Å². The molecule has 0 aliphatic carbocycles. The average Bonchev–Trinajstić information content (AvgIpc) is 2.46. The predicted octanol–water partition coefficient (Wildman–Crippen LogP) is 2.89. The van der Waals surface area contributed by atoms with E-state index in [1.54, 1.807) is 4.90 Å². The fraction of sp³-hybridized carbons (Fsp3) is 0.500. The van der Waals surface area contributed by atoms with Crippen molar-refractivity contribution in [2.24, 2.45) is 0 Å². The maximum atomic E-state index is 12.5. The Morgan fingerprint density at radius 2 is 2.33 bits per heavy atom. The van der Waals surface area contributed by atoms with Gasteiger partial charge in [-0.1, -0.05) is 11.6 Å². The van der Waals surface area contributed by atoms with Gasteiger partial charge in [0.2, 0.25) is 0 Å². The number of ether oxygens (including phenoxy) is 1. The van der Waals surface area contributed by atoms with Gasteiger partial charge in [0.15, 0.2) is 0 Å². The smallest absolute Gasteiger partial charge is 0.282 e. The first-order chi connectivity index (χ1) is 10.0. The quantitative estimate of drug-likeness (QED) is 0.633. The normalized spacial score (nSPS) is 18.6. The van der Waals surface area contributed by atoms with E-state index < -0.39 is 4.92 Å². The van der Waals surface area contributed by atoms with Crippen LogP contribution in [0.3, 0.4) is 0 Å². The lowest BCUT2D eigenvalue weighted by Gasteiger charge is -2.32. The van der Waals surface area contributed by atoms with Crippen LogP contribution in [0, 0.1) is 10.1 Å². The van der Waals surface area contributed by atoms with Crippen LogP contribution < -0.4 is 0 Å². The Bertz CT molecular complexity index is 548. The molecule has 1 aliphatic heterocycles. The Balaban J connectivity index is 2.23. The molecule has 1 aromatic rings. The highest BCUT2D eigenvalue weighted by molar-refractivity contribution is 6.31. The van der Waals surface area contributed by atoms with Crippen molar-refractivity contribution in [2.45, 2.75) is 25.9 Å². The number of rotatable bonds is 4. The van der Waals surface area contributed by atoms with Gasteiger partial charge in [-0.25, -0.2) is 0 Å². The average molecular weight is 313 g/mol. The van der Waals surface area contributed by atoms with Gasteiger partial charge in [0.05, 0.1) is 11.0 Å². The molecule has 2 rings (SSSR count). The number of halogens is 1. The number of hydrogen-bond donors (Lipinski definition) is 0. The summed E-state index contributed by atoms with van der Waals surface area (Å²) in [5, 5.41) is 11.4. The predicted molar refractivity (Wildman–Crippen MR) is 78.7 cm³/mol. The zero-order valence-electron chi connectivity index (χ0n) is 11.8. The van der Waals surface area contributed by atoms with Crippen molar-refractivity contribution in [3.63, 3.8) is 0 Å². The number of piperidine rings is 1. The fourth-order valence-electron chi connectivity index (χ4n) is 2.50. The van der Waals surface area contributed by atoms with Crippen LogP contribution in [0.4, 0.5) is 5.69 Å². The van der Waals surface area contributed by atoms with Gasteiger partial charge in [-0.2, -0.15) is 0 Å². The fourth-order valence-corrected chi connectivity index (χ4v) is 2.68. The van der Waals surface area contributed by atoms with Gasteiger partial charge in [0, 0.05) is 30.8 Å². The molecule has 1 heterocycles. The summed E-state index contributed by atoms with van der Waals surface area (Å²) in [5.41, 5.74) is -0.187. The molecule has 1 amide bonds. The maximum absolute atomic E-state index is 12.5. The topological polar surface area (TPSA) is 72.7 Å². The first-order valence-corrected chi connectivity index (χ1v) is 7.25. The largest absolute Gasteiger partial charge is 0.377 e. The van der Waals surface area contributed by atoms with Gasteiger partial charge in [-0.3, -0.25) is 14.9 Å². The summed E-state index contributed by atoms with van der Waals surface area (Å²) >= 11 is 5.86. The Labute approximate surface area is 127 Å². The molecule has 1 aliphatic rings. The standard InChI is InChI=1S/C14H17ClN2O4/c1-2-21-11-4-3-7-16(9-11)14(18)12-8-10(15)5-6-13(12)17(19)20/h5-6,8,11H,2-4,7,9H2,1H3. The number of carbonyl (C=O) groups is 1. The van der Waals surface area contributed by atoms with Crippen LogP contribution in [-0.4, -0.2) is 41.5 Å². The van der Waals surface area contributed by atoms with Crippen LogP contribution in [0.2, 0.25) is 5.02 Å². The van der Waals surface area contributed by atoms with E-state index in [2.05, 4.69) is 0 Å². The summed E-state index contributed by atoms with van der Waals surface area (Å²) in [5.74, 6) is -0.367. The molecule has 21 heavy (non-hydrogen) atoms. The molecule has 1 fully saturated rings. The first kappa shape index (κ1) is 15.7. The van der Waals surface area contributed by atoms with Gasteiger partial charge < -0.3 is 9.64 Å². The SMILES string of the molecule is CCOC1CCCN(C(=O)c2cc(Cl)ccc2[N+](=O)[O-])C1. The number of nitro groups is 1. The molecule has 114 valence electrons. The van der Waals surface area contributed by atoms with Crippen LogP contribution in [0.5, 0.6) is 0 Å². The second-order valence-corrected chi connectivity index (χ2v) is 5.33. The molecule has 7 heteroatoms. The molecule has 0 bridgehead atoms. The minimum atomic E-state index is -0.562. The number of nitro benzene ring substituents is 1. The van der Waals surface area contributed by atoms with Crippen LogP contribution in [0.1, 0.15) is 30.1 Å². The lowest BCUT2D eigenvalue weighted by molar-refractivity contribution is -0.385. The van der Waals surface area contributed by atoms with Crippen molar-refractivity contribution in [3.05, 3.63) is 38.9 Å². The van der Waals surface area contributed by atoms with Gasteiger partial charge in [-0.05, 0) is 31.9 Å². The van der Waals surface area contributed by atoms with Crippen molar-refractivity contribution < 1.29 is 14.5 Å². The van der Waals surface area contributed by atoms with Gasteiger partial charge in [0.25, 0.3) is 11.6 Å². The number of amides is 1. The highest BCUT2D eigenvalue weighted by Gasteiger charge is 2.29. The second kappa shape index (κ2) is 6.87. The second-order valence-electron chi connectivity index (χ2n) is 4.89. The molecule has 0 aromatic heterocycles. The Morgan fingerprint density at radius 1 is 1.57 bits per heavy atom. The summed E-state index contributed by atoms with van der Waals surface area (Å²) in [6.07, 6.45) is 1.71. The first-order valence-electron chi connectivity index (χ1n) is 6.87. The minimum absolute atomic E-state index is 0.00839. The van der Waals surface area contributed by atoms with E-state index in [1.807, 2.05) is 6.92 Å². The molecule has 1 atom stereocenters. The van der Waals surface area contributed by atoms with Crippen LogP contribution in [-0.2, 0) is 4.74 Å². The molecular weight excluding hydrogens is 296 g/mol. The number of carbonyl (C=O) groups excluding carboxylic acids is 1. The van der Waals surface area contributed by atoms with E-state index >= 15 is 0 Å². The number of likely N-dealkylation sites (tertiary alicyclic amines) is 1. The van der Waals surface area contributed by atoms with E-state index in [0.29, 0.717) is 24.7 Å². The van der Waals surface area contributed by atoms with Crippen LogP contribution in [0.15, 0.2) is 18.2 Å². The lowest BCUT2D eigenvalue weighted by Crippen LogP contribution is -2.43. The van der Waals surface area contributed by atoms with Crippen molar-refractivity contribution >= 4 is 23.2 Å². The van der Waals surface area contributed by atoms with E-state index in [0.717, 1.165) is 12.8 Å². The van der Waals surface area contributed by atoms with Crippen LogP contribution in [0.25, 0.3) is 0 Å². The van der Waals surface area contributed by atoms with Crippen LogP contribution >= 0.6 is 11.6 Å². The third-order valence-electron chi connectivity index (χ3n) is 3.45. The number of nitrogens with zero attached hydrogens (tertiary/aromatic N) is 2. The molecule has 0 saturated carbocycles.